The van der Waals surface area contributed by atoms with Crippen LogP contribution in [0.2, 0.25) is 5.02 Å². The summed E-state index contributed by atoms with van der Waals surface area (Å²) in [5.74, 6) is -0.458. The Balaban J connectivity index is 2.04. The third-order valence-electron chi connectivity index (χ3n) is 3.02. The highest BCUT2D eigenvalue weighted by Gasteiger charge is 2.19. The number of hydrogen-bond donors (Lipinski definition) is 1. The minimum absolute atomic E-state index is 0.0899. The van der Waals surface area contributed by atoms with Crippen molar-refractivity contribution in [2.24, 2.45) is 5.73 Å². The summed E-state index contributed by atoms with van der Waals surface area (Å²) in [7, 11) is 0. The number of nitrogens with two attached hydrogens (primary N) is 1. The van der Waals surface area contributed by atoms with Gasteiger partial charge in [0.15, 0.2) is 6.61 Å². The smallest absolute Gasteiger partial charge is 0.260 e. The third kappa shape index (κ3) is 3.38. The van der Waals surface area contributed by atoms with Crippen LogP contribution >= 0.6 is 11.6 Å². The molecule has 0 atom stereocenters. The van der Waals surface area contributed by atoms with Crippen molar-refractivity contribution in [3.63, 3.8) is 0 Å². The van der Waals surface area contributed by atoms with E-state index in [-0.39, 0.29) is 23.8 Å². The molecule has 1 aromatic carbocycles. The van der Waals surface area contributed by atoms with Gasteiger partial charge in [0.2, 0.25) is 0 Å². The van der Waals surface area contributed by atoms with Crippen LogP contribution in [0.25, 0.3) is 0 Å². The van der Waals surface area contributed by atoms with Crippen LogP contribution in [0, 0.1) is 0 Å². The van der Waals surface area contributed by atoms with Gasteiger partial charge in [-0.15, -0.1) is 0 Å². The van der Waals surface area contributed by atoms with Gasteiger partial charge < -0.3 is 15.4 Å². The van der Waals surface area contributed by atoms with Crippen molar-refractivity contribution >= 4 is 23.4 Å². The quantitative estimate of drug-likeness (QED) is 0.908. The SMILES string of the molecule is NC(=O)c1ccc(Cl)cc1OCC(=O)N1CCCC1. The van der Waals surface area contributed by atoms with Crippen LogP contribution in [-0.4, -0.2) is 36.4 Å². The second-order valence-corrected chi connectivity index (χ2v) is 4.82. The molecule has 1 aliphatic heterocycles. The van der Waals surface area contributed by atoms with Crippen molar-refractivity contribution in [1.29, 1.82) is 0 Å². The standard InChI is InChI=1S/C13H15ClN2O3/c14-9-3-4-10(13(15)18)11(7-9)19-8-12(17)16-5-1-2-6-16/h3-4,7H,1-2,5-6,8H2,(H2,15,18). The predicted octanol–water partition coefficient (Wildman–Crippen LogP) is 1.44. The van der Waals surface area contributed by atoms with Crippen molar-refractivity contribution in [1.82, 2.24) is 4.90 Å². The molecule has 19 heavy (non-hydrogen) atoms. The molecule has 0 bridgehead atoms. The molecule has 1 aliphatic rings. The molecule has 0 radical (unpaired) electrons. The van der Waals surface area contributed by atoms with Crippen molar-refractivity contribution in [3.05, 3.63) is 28.8 Å². The molecule has 5 nitrogen and oxygen atoms in total. The molecule has 6 heteroatoms. The topological polar surface area (TPSA) is 72.6 Å². The van der Waals surface area contributed by atoms with Crippen molar-refractivity contribution < 1.29 is 14.3 Å². The number of amides is 2. The van der Waals surface area contributed by atoms with Gasteiger partial charge in [-0.05, 0) is 31.0 Å². The highest BCUT2D eigenvalue weighted by atomic mass is 35.5. The van der Waals surface area contributed by atoms with E-state index in [2.05, 4.69) is 0 Å². The van der Waals surface area contributed by atoms with Gasteiger partial charge in [-0.25, -0.2) is 0 Å². The predicted molar refractivity (Wildman–Crippen MR) is 71.3 cm³/mol. The fourth-order valence-corrected chi connectivity index (χ4v) is 2.18. The maximum atomic E-state index is 11.8. The summed E-state index contributed by atoms with van der Waals surface area (Å²) < 4.78 is 5.38. The van der Waals surface area contributed by atoms with Gasteiger partial charge in [-0.3, -0.25) is 9.59 Å². The van der Waals surface area contributed by atoms with Crippen LogP contribution in [0.4, 0.5) is 0 Å². The van der Waals surface area contributed by atoms with Crippen molar-refractivity contribution in [2.45, 2.75) is 12.8 Å². The number of benzene rings is 1. The van der Waals surface area contributed by atoms with E-state index in [1.807, 2.05) is 0 Å². The summed E-state index contributed by atoms with van der Waals surface area (Å²) in [6.45, 7) is 1.42. The molecule has 1 heterocycles. The van der Waals surface area contributed by atoms with Crippen LogP contribution in [0.1, 0.15) is 23.2 Å². The largest absolute Gasteiger partial charge is 0.483 e. The van der Waals surface area contributed by atoms with E-state index in [0.29, 0.717) is 5.02 Å². The van der Waals surface area contributed by atoms with Crippen molar-refractivity contribution in [3.8, 4) is 5.75 Å². The molecule has 1 aromatic rings. The first-order valence-electron chi connectivity index (χ1n) is 6.08. The van der Waals surface area contributed by atoms with Gasteiger partial charge in [0, 0.05) is 18.1 Å². The summed E-state index contributed by atoms with van der Waals surface area (Å²) in [4.78, 5) is 24.8. The molecular formula is C13H15ClN2O3. The van der Waals surface area contributed by atoms with Gasteiger partial charge in [0.25, 0.3) is 11.8 Å². The Morgan fingerprint density at radius 2 is 2.00 bits per heavy atom. The molecule has 2 N–H and O–H groups in total. The Kier molecular flexibility index (Phi) is 4.27. The molecule has 2 amide bonds. The lowest BCUT2D eigenvalue weighted by molar-refractivity contribution is -0.132. The molecule has 1 fully saturated rings. The Labute approximate surface area is 116 Å². The molecule has 102 valence electrons. The number of primary amides is 1. The first-order valence-corrected chi connectivity index (χ1v) is 6.45. The molecule has 0 spiro atoms. The fraction of sp³-hybridized carbons (Fsp3) is 0.385. The van der Waals surface area contributed by atoms with E-state index in [1.54, 1.807) is 11.0 Å². The Morgan fingerprint density at radius 1 is 1.32 bits per heavy atom. The number of halogens is 1. The molecule has 0 unspecified atom stereocenters. The number of nitrogens with zero attached hydrogens (tertiary/aromatic N) is 1. The minimum Gasteiger partial charge on any atom is -0.483 e. The third-order valence-corrected chi connectivity index (χ3v) is 3.25. The Morgan fingerprint density at radius 3 is 2.63 bits per heavy atom. The van der Waals surface area contributed by atoms with Crippen molar-refractivity contribution in [2.75, 3.05) is 19.7 Å². The summed E-state index contributed by atoms with van der Waals surface area (Å²) in [5.41, 5.74) is 5.46. The van der Waals surface area contributed by atoms with Crippen LogP contribution in [0.3, 0.4) is 0 Å². The van der Waals surface area contributed by atoms with Crippen LogP contribution in [0.15, 0.2) is 18.2 Å². The maximum Gasteiger partial charge on any atom is 0.260 e. The first-order chi connectivity index (χ1) is 9.08. The summed E-state index contributed by atoms with van der Waals surface area (Å²) in [6.07, 6.45) is 2.05. The lowest BCUT2D eigenvalue weighted by Crippen LogP contribution is -2.32. The lowest BCUT2D eigenvalue weighted by Gasteiger charge is -2.16. The summed E-state index contributed by atoms with van der Waals surface area (Å²) >= 11 is 5.84. The maximum absolute atomic E-state index is 11.8. The monoisotopic (exact) mass is 282 g/mol. The molecule has 0 saturated carbocycles. The summed E-state index contributed by atoms with van der Waals surface area (Å²) in [5, 5.41) is 0.425. The van der Waals surface area contributed by atoms with Gasteiger partial charge in [-0.2, -0.15) is 0 Å². The fourth-order valence-electron chi connectivity index (χ4n) is 2.02. The van der Waals surface area contributed by atoms with E-state index < -0.39 is 5.91 Å². The van der Waals surface area contributed by atoms with Gasteiger partial charge >= 0.3 is 0 Å². The normalized spacial score (nSPS) is 14.5. The average Bonchev–Trinajstić information content (AvgIpc) is 2.89. The molecule has 1 saturated heterocycles. The van der Waals surface area contributed by atoms with Gasteiger partial charge in [-0.1, -0.05) is 11.6 Å². The molecule has 0 aromatic heterocycles. The van der Waals surface area contributed by atoms with E-state index >= 15 is 0 Å². The zero-order valence-corrected chi connectivity index (χ0v) is 11.2. The second kappa shape index (κ2) is 5.93. The summed E-state index contributed by atoms with van der Waals surface area (Å²) in [6, 6.07) is 4.52. The van der Waals surface area contributed by atoms with E-state index in [1.165, 1.54) is 12.1 Å². The van der Waals surface area contributed by atoms with Crippen LogP contribution < -0.4 is 10.5 Å². The van der Waals surface area contributed by atoms with Crippen LogP contribution in [0.5, 0.6) is 5.75 Å². The highest BCUT2D eigenvalue weighted by Crippen LogP contribution is 2.23. The number of rotatable bonds is 4. The van der Waals surface area contributed by atoms with E-state index in [4.69, 9.17) is 22.1 Å². The van der Waals surface area contributed by atoms with Crippen LogP contribution in [-0.2, 0) is 4.79 Å². The minimum atomic E-state index is -0.611. The highest BCUT2D eigenvalue weighted by molar-refractivity contribution is 6.30. The number of carbonyl (C=O) groups is 2. The number of hydrogen-bond acceptors (Lipinski definition) is 3. The second-order valence-electron chi connectivity index (χ2n) is 4.38. The number of ether oxygens (including phenoxy) is 1. The van der Waals surface area contributed by atoms with E-state index in [0.717, 1.165) is 25.9 Å². The van der Waals surface area contributed by atoms with Gasteiger partial charge in [0.1, 0.15) is 5.75 Å². The number of carbonyl (C=O) groups excluding carboxylic acids is 2. The average molecular weight is 283 g/mol. The molecular weight excluding hydrogens is 268 g/mol. The molecule has 2 rings (SSSR count). The van der Waals surface area contributed by atoms with Gasteiger partial charge in [0.05, 0.1) is 5.56 Å². The Hall–Kier alpha value is -1.75. The first kappa shape index (κ1) is 13.7. The molecule has 0 aliphatic carbocycles. The zero-order chi connectivity index (χ0) is 13.8. The lowest BCUT2D eigenvalue weighted by atomic mass is 10.2. The Bertz CT molecular complexity index is 499. The number of likely N-dealkylation sites (tertiary alicyclic amines) is 1. The van der Waals surface area contributed by atoms with E-state index in [9.17, 15) is 9.59 Å². The zero-order valence-electron chi connectivity index (χ0n) is 10.4.